The van der Waals surface area contributed by atoms with Gasteiger partial charge in [0.15, 0.2) is 0 Å². The number of nitrogens with zero attached hydrogens (tertiary/aromatic N) is 3. The first kappa shape index (κ1) is 17.9. The Labute approximate surface area is 133 Å². The lowest BCUT2D eigenvalue weighted by Gasteiger charge is -2.22. The third kappa shape index (κ3) is 5.69. The lowest BCUT2D eigenvalue weighted by Crippen LogP contribution is -2.31. The van der Waals surface area contributed by atoms with Gasteiger partial charge in [0, 0.05) is 32.0 Å². The Balaban J connectivity index is 0.00000116. The van der Waals surface area contributed by atoms with Crippen molar-refractivity contribution >= 4 is 5.95 Å². The largest absolute Gasteiger partial charge is 0.497 e. The molecule has 0 atom stereocenters. The van der Waals surface area contributed by atoms with Gasteiger partial charge in [-0.15, -0.1) is 0 Å². The number of nitrogens with one attached hydrogen (secondary N) is 1. The average molecular weight is 302 g/mol. The van der Waals surface area contributed by atoms with Crippen LogP contribution in [-0.4, -0.2) is 37.2 Å². The Bertz CT molecular complexity index is 502. The Morgan fingerprint density at radius 3 is 2.27 bits per heavy atom. The molecule has 1 heterocycles. The van der Waals surface area contributed by atoms with Crippen LogP contribution in [-0.2, 0) is 6.54 Å². The lowest BCUT2D eigenvalue weighted by molar-refractivity contribution is 0.414. The fourth-order valence-corrected chi connectivity index (χ4v) is 1.90. The number of aromatic nitrogens is 2. The van der Waals surface area contributed by atoms with Crippen LogP contribution < -0.4 is 15.0 Å². The zero-order valence-electron chi connectivity index (χ0n) is 13.9. The number of ether oxygens (including phenoxy) is 1. The van der Waals surface area contributed by atoms with Crippen molar-refractivity contribution in [3.63, 3.8) is 0 Å². The topological polar surface area (TPSA) is 50.3 Å². The van der Waals surface area contributed by atoms with Crippen molar-refractivity contribution in [2.45, 2.75) is 20.4 Å². The van der Waals surface area contributed by atoms with Gasteiger partial charge < -0.3 is 15.0 Å². The van der Waals surface area contributed by atoms with Gasteiger partial charge in [-0.25, -0.2) is 9.97 Å². The minimum atomic E-state index is 0.749. The van der Waals surface area contributed by atoms with Gasteiger partial charge in [0.05, 0.1) is 7.11 Å². The van der Waals surface area contributed by atoms with Gasteiger partial charge in [-0.3, -0.25) is 0 Å². The van der Waals surface area contributed by atoms with Gasteiger partial charge in [-0.05, 0) is 30.8 Å². The number of hydrogen-bond acceptors (Lipinski definition) is 5. The van der Waals surface area contributed by atoms with E-state index in [2.05, 4.69) is 32.3 Å². The summed E-state index contributed by atoms with van der Waals surface area (Å²) in [6.45, 7) is 6.51. The summed E-state index contributed by atoms with van der Waals surface area (Å²) in [6, 6.07) is 9.89. The molecular weight excluding hydrogens is 276 g/mol. The van der Waals surface area contributed by atoms with E-state index in [-0.39, 0.29) is 0 Å². The first-order valence-electron chi connectivity index (χ1n) is 7.63. The van der Waals surface area contributed by atoms with Gasteiger partial charge in [0.25, 0.3) is 0 Å². The molecule has 2 aromatic rings. The summed E-state index contributed by atoms with van der Waals surface area (Å²) in [5, 5.41) is 3.15. The molecule has 5 heteroatoms. The van der Waals surface area contributed by atoms with Crippen molar-refractivity contribution in [1.82, 2.24) is 15.3 Å². The second-order valence-electron chi connectivity index (χ2n) is 4.42. The third-order valence-electron chi connectivity index (χ3n) is 3.00. The second-order valence-corrected chi connectivity index (χ2v) is 4.42. The van der Waals surface area contributed by atoms with E-state index < -0.39 is 0 Å². The van der Waals surface area contributed by atoms with E-state index in [0.29, 0.717) is 0 Å². The molecule has 0 radical (unpaired) electrons. The van der Waals surface area contributed by atoms with E-state index in [1.807, 2.05) is 39.1 Å². The Hall–Kier alpha value is -2.14. The number of hydrogen-bond donors (Lipinski definition) is 1. The van der Waals surface area contributed by atoms with Crippen LogP contribution in [0.15, 0.2) is 42.7 Å². The highest BCUT2D eigenvalue weighted by molar-refractivity contribution is 5.34. The number of anilines is 1. The SMILES string of the molecule is CC.CNCCN(Cc1ccc(OC)cc1)c1ncccn1. The Morgan fingerprint density at radius 2 is 1.73 bits per heavy atom. The summed E-state index contributed by atoms with van der Waals surface area (Å²) in [5.41, 5.74) is 1.20. The normalized spacial score (nSPS) is 9.64. The standard InChI is InChI=1S/C15H20N4O.C2H6/c1-16-10-11-19(15-17-8-3-9-18-15)12-13-4-6-14(20-2)7-5-13;1-2/h3-9,16H,10-12H2,1-2H3;1-2H3. The monoisotopic (exact) mass is 302 g/mol. The third-order valence-corrected chi connectivity index (χ3v) is 3.00. The van der Waals surface area contributed by atoms with Crippen molar-refractivity contribution in [3.8, 4) is 5.75 Å². The molecule has 1 aromatic carbocycles. The number of rotatable bonds is 7. The highest BCUT2D eigenvalue weighted by Gasteiger charge is 2.09. The maximum absolute atomic E-state index is 5.18. The molecule has 0 bridgehead atoms. The zero-order valence-corrected chi connectivity index (χ0v) is 13.9. The molecule has 0 amide bonds. The van der Waals surface area contributed by atoms with Gasteiger partial charge in [-0.1, -0.05) is 26.0 Å². The average Bonchev–Trinajstić information content (AvgIpc) is 2.61. The summed E-state index contributed by atoms with van der Waals surface area (Å²) < 4.78 is 5.18. The van der Waals surface area contributed by atoms with Crippen LogP contribution in [0.4, 0.5) is 5.95 Å². The first-order chi connectivity index (χ1) is 10.8. The van der Waals surface area contributed by atoms with E-state index in [1.54, 1.807) is 19.5 Å². The van der Waals surface area contributed by atoms with E-state index >= 15 is 0 Å². The molecule has 2 rings (SSSR count). The second kappa shape index (κ2) is 10.6. The molecule has 0 fully saturated rings. The molecule has 0 saturated heterocycles. The van der Waals surface area contributed by atoms with Crippen LogP contribution in [0.2, 0.25) is 0 Å². The summed E-state index contributed by atoms with van der Waals surface area (Å²) in [7, 11) is 3.61. The molecule has 1 aromatic heterocycles. The van der Waals surface area contributed by atoms with Gasteiger partial charge in [-0.2, -0.15) is 0 Å². The smallest absolute Gasteiger partial charge is 0.225 e. The maximum Gasteiger partial charge on any atom is 0.225 e. The number of methoxy groups -OCH3 is 1. The predicted octanol–water partition coefficient (Wildman–Crippen LogP) is 2.74. The first-order valence-corrected chi connectivity index (χ1v) is 7.63. The molecule has 1 N–H and O–H groups in total. The van der Waals surface area contributed by atoms with Crippen molar-refractivity contribution in [1.29, 1.82) is 0 Å². The predicted molar refractivity (Wildman–Crippen MR) is 91.4 cm³/mol. The lowest BCUT2D eigenvalue weighted by atomic mass is 10.2. The Morgan fingerprint density at radius 1 is 1.09 bits per heavy atom. The summed E-state index contributed by atoms with van der Waals surface area (Å²) in [4.78, 5) is 10.8. The molecule has 0 aliphatic rings. The van der Waals surface area contributed by atoms with Crippen LogP contribution in [0, 0.1) is 0 Å². The zero-order chi connectivity index (χ0) is 16.2. The van der Waals surface area contributed by atoms with Crippen molar-refractivity contribution in [3.05, 3.63) is 48.3 Å². The summed E-state index contributed by atoms with van der Waals surface area (Å²) in [6.07, 6.45) is 3.53. The van der Waals surface area contributed by atoms with Crippen LogP contribution in [0.5, 0.6) is 5.75 Å². The molecule has 0 unspecified atom stereocenters. The molecule has 120 valence electrons. The van der Waals surface area contributed by atoms with E-state index in [9.17, 15) is 0 Å². The highest BCUT2D eigenvalue weighted by atomic mass is 16.5. The van der Waals surface area contributed by atoms with Crippen molar-refractivity contribution in [2.24, 2.45) is 0 Å². The number of likely N-dealkylation sites (N-methyl/N-ethyl adjacent to an activating group) is 1. The molecule has 0 spiro atoms. The van der Waals surface area contributed by atoms with Crippen LogP contribution >= 0.6 is 0 Å². The van der Waals surface area contributed by atoms with E-state index in [1.165, 1.54) is 5.56 Å². The van der Waals surface area contributed by atoms with Crippen LogP contribution in [0.25, 0.3) is 0 Å². The molecule has 5 nitrogen and oxygen atoms in total. The quantitative estimate of drug-likeness (QED) is 0.852. The maximum atomic E-state index is 5.18. The fourth-order valence-electron chi connectivity index (χ4n) is 1.90. The molecule has 0 aliphatic heterocycles. The molecule has 0 aliphatic carbocycles. The summed E-state index contributed by atoms with van der Waals surface area (Å²) >= 11 is 0. The molecule has 0 saturated carbocycles. The van der Waals surface area contributed by atoms with E-state index in [0.717, 1.165) is 31.3 Å². The summed E-state index contributed by atoms with van der Waals surface area (Å²) in [5.74, 6) is 1.62. The van der Waals surface area contributed by atoms with Crippen LogP contribution in [0.3, 0.4) is 0 Å². The van der Waals surface area contributed by atoms with Crippen molar-refractivity contribution < 1.29 is 4.74 Å². The fraction of sp³-hybridized carbons (Fsp3) is 0.412. The minimum absolute atomic E-state index is 0.749. The number of benzene rings is 1. The highest BCUT2D eigenvalue weighted by Crippen LogP contribution is 2.15. The molecule has 22 heavy (non-hydrogen) atoms. The van der Waals surface area contributed by atoms with Gasteiger partial charge in [0.2, 0.25) is 5.95 Å². The van der Waals surface area contributed by atoms with E-state index in [4.69, 9.17) is 4.74 Å². The van der Waals surface area contributed by atoms with Crippen LogP contribution in [0.1, 0.15) is 19.4 Å². The van der Waals surface area contributed by atoms with Crippen molar-refractivity contribution in [2.75, 3.05) is 32.1 Å². The minimum Gasteiger partial charge on any atom is -0.497 e. The van der Waals surface area contributed by atoms with Gasteiger partial charge >= 0.3 is 0 Å². The Kier molecular flexibility index (Phi) is 8.60. The van der Waals surface area contributed by atoms with Gasteiger partial charge in [0.1, 0.15) is 5.75 Å². The molecular formula is C17H26N4O.